The Morgan fingerprint density at radius 2 is 1.38 bits per heavy atom. The lowest BCUT2D eigenvalue weighted by molar-refractivity contribution is -0.144. The van der Waals surface area contributed by atoms with Crippen LogP contribution in [0.1, 0.15) is 97.8 Å². The maximum Gasteiger partial charge on any atom is 0.304 e. The zero-order valence-electron chi connectivity index (χ0n) is 17.3. The number of rotatable bonds is 17. The van der Waals surface area contributed by atoms with Crippen LogP contribution in [0.25, 0.3) is 0 Å². The monoisotopic (exact) mass is 367 g/mol. The van der Waals surface area contributed by atoms with Gasteiger partial charge in [-0.05, 0) is 39.5 Å². The SMILES string of the molecule is CCC/C=C/CCCCCCCCCC(CC(=O)O)C(=O)N(CC)CC. The maximum absolute atomic E-state index is 12.4. The number of carbonyl (C=O) groups is 2. The fourth-order valence-electron chi connectivity index (χ4n) is 3.26. The zero-order chi connectivity index (χ0) is 19.6. The third-order valence-electron chi connectivity index (χ3n) is 4.89. The molecular formula is C22H41NO3. The Kier molecular flexibility index (Phi) is 16.2. The Labute approximate surface area is 161 Å². The third kappa shape index (κ3) is 13.0. The minimum absolute atomic E-state index is 0.00790. The van der Waals surface area contributed by atoms with Gasteiger partial charge in [0, 0.05) is 19.0 Å². The van der Waals surface area contributed by atoms with Gasteiger partial charge in [0.15, 0.2) is 0 Å². The summed E-state index contributed by atoms with van der Waals surface area (Å²) < 4.78 is 0. The summed E-state index contributed by atoms with van der Waals surface area (Å²) >= 11 is 0. The summed E-state index contributed by atoms with van der Waals surface area (Å²) in [5.41, 5.74) is 0. The number of carboxylic acid groups (broad SMARTS) is 1. The number of nitrogens with zero attached hydrogens (tertiary/aromatic N) is 1. The first kappa shape index (κ1) is 24.7. The second-order valence-corrected chi connectivity index (χ2v) is 7.12. The molecule has 0 aliphatic heterocycles. The molecule has 1 amide bonds. The van der Waals surface area contributed by atoms with E-state index >= 15 is 0 Å². The van der Waals surface area contributed by atoms with Crippen LogP contribution in [-0.2, 0) is 9.59 Å². The molecule has 4 nitrogen and oxygen atoms in total. The fourth-order valence-corrected chi connectivity index (χ4v) is 3.26. The van der Waals surface area contributed by atoms with E-state index in [0.717, 1.165) is 12.8 Å². The van der Waals surface area contributed by atoms with Gasteiger partial charge in [0.1, 0.15) is 0 Å². The van der Waals surface area contributed by atoms with Gasteiger partial charge in [0.2, 0.25) is 5.91 Å². The number of carbonyl (C=O) groups excluding carboxylic acids is 1. The lowest BCUT2D eigenvalue weighted by atomic mass is 9.95. The quantitative estimate of drug-likeness (QED) is 0.260. The molecule has 1 N–H and O–H groups in total. The molecule has 1 atom stereocenters. The summed E-state index contributed by atoms with van der Waals surface area (Å²) in [6.45, 7) is 7.39. The molecule has 0 rings (SSSR count). The van der Waals surface area contributed by atoms with Gasteiger partial charge in [0.05, 0.1) is 6.42 Å². The van der Waals surface area contributed by atoms with Crippen molar-refractivity contribution in [2.24, 2.45) is 5.92 Å². The second kappa shape index (κ2) is 17.1. The molecule has 0 spiro atoms. The van der Waals surface area contributed by atoms with Gasteiger partial charge in [0.25, 0.3) is 0 Å². The van der Waals surface area contributed by atoms with Crippen molar-refractivity contribution in [3.05, 3.63) is 12.2 Å². The summed E-state index contributed by atoms with van der Waals surface area (Å²) in [6, 6.07) is 0. The lowest BCUT2D eigenvalue weighted by Gasteiger charge is -2.24. The largest absolute Gasteiger partial charge is 0.481 e. The van der Waals surface area contributed by atoms with Gasteiger partial charge >= 0.3 is 5.97 Å². The van der Waals surface area contributed by atoms with E-state index < -0.39 is 5.97 Å². The number of amides is 1. The molecule has 0 aromatic carbocycles. The highest BCUT2D eigenvalue weighted by molar-refractivity contribution is 5.83. The van der Waals surface area contributed by atoms with Gasteiger partial charge in [-0.2, -0.15) is 0 Å². The van der Waals surface area contributed by atoms with Gasteiger partial charge in [-0.1, -0.05) is 64.0 Å². The van der Waals surface area contributed by atoms with E-state index in [4.69, 9.17) is 5.11 Å². The lowest BCUT2D eigenvalue weighted by Crippen LogP contribution is -2.36. The van der Waals surface area contributed by atoms with Crippen LogP contribution >= 0.6 is 0 Å². The van der Waals surface area contributed by atoms with Gasteiger partial charge < -0.3 is 10.0 Å². The van der Waals surface area contributed by atoms with Gasteiger partial charge in [-0.15, -0.1) is 0 Å². The van der Waals surface area contributed by atoms with E-state index in [-0.39, 0.29) is 18.2 Å². The van der Waals surface area contributed by atoms with Crippen LogP contribution in [0.5, 0.6) is 0 Å². The molecule has 0 saturated carbocycles. The van der Waals surface area contributed by atoms with E-state index in [1.54, 1.807) is 4.90 Å². The topological polar surface area (TPSA) is 57.6 Å². The van der Waals surface area contributed by atoms with E-state index in [0.29, 0.717) is 19.5 Å². The van der Waals surface area contributed by atoms with Crippen molar-refractivity contribution in [1.29, 1.82) is 0 Å². The van der Waals surface area contributed by atoms with Crippen molar-refractivity contribution in [3.8, 4) is 0 Å². The molecule has 1 unspecified atom stereocenters. The van der Waals surface area contributed by atoms with Crippen molar-refractivity contribution in [2.45, 2.75) is 97.8 Å². The number of carboxylic acids is 1. The van der Waals surface area contributed by atoms with Crippen LogP contribution in [0, 0.1) is 5.92 Å². The molecular weight excluding hydrogens is 326 g/mol. The average Bonchev–Trinajstić information content (AvgIpc) is 2.62. The molecule has 0 fully saturated rings. The minimum Gasteiger partial charge on any atom is -0.481 e. The number of hydrogen-bond acceptors (Lipinski definition) is 2. The smallest absolute Gasteiger partial charge is 0.304 e. The fraction of sp³-hybridized carbons (Fsp3) is 0.818. The molecule has 0 aliphatic carbocycles. The molecule has 0 bridgehead atoms. The van der Waals surface area contributed by atoms with Crippen LogP contribution in [0.3, 0.4) is 0 Å². The van der Waals surface area contributed by atoms with Crippen LogP contribution in [0.2, 0.25) is 0 Å². The summed E-state index contributed by atoms with van der Waals surface area (Å²) in [5, 5.41) is 9.08. The van der Waals surface area contributed by atoms with E-state index in [1.807, 2.05) is 13.8 Å². The minimum atomic E-state index is -0.872. The average molecular weight is 368 g/mol. The zero-order valence-corrected chi connectivity index (χ0v) is 17.3. The molecule has 0 aromatic heterocycles. The first-order chi connectivity index (χ1) is 12.6. The summed E-state index contributed by atoms with van der Waals surface area (Å²) in [6.07, 6.45) is 17.2. The Bertz CT molecular complexity index is 389. The highest BCUT2D eigenvalue weighted by atomic mass is 16.4. The number of allylic oxidation sites excluding steroid dienone is 2. The Hall–Kier alpha value is -1.32. The highest BCUT2D eigenvalue weighted by Crippen LogP contribution is 2.18. The van der Waals surface area contributed by atoms with Gasteiger partial charge in [-0.3, -0.25) is 9.59 Å². The summed E-state index contributed by atoms with van der Waals surface area (Å²) in [7, 11) is 0. The van der Waals surface area contributed by atoms with E-state index in [1.165, 1.54) is 51.4 Å². The predicted octanol–water partition coefficient (Wildman–Crippen LogP) is 5.81. The van der Waals surface area contributed by atoms with Crippen molar-refractivity contribution in [1.82, 2.24) is 4.90 Å². The first-order valence-corrected chi connectivity index (χ1v) is 10.7. The van der Waals surface area contributed by atoms with Crippen LogP contribution in [-0.4, -0.2) is 35.0 Å². The maximum atomic E-state index is 12.4. The van der Waals surface area contributed by atoms with Gasteiger partial charge in [-0.25, -0.2) is 0 Å². The number of aliphatic carboxylic acids is 1. The molecule has 152 valence electrons. The standard InChI is InChI=1S/C22H41NO3/c1-4-7-8-9-10-11-12-13-14-15-16-17-18-20(19-21(24)25)22(26)23(5-2)6-3/h8-9,20H,4-7,10-19H2,1-3H3,(H,24,25)/b9-8+. The molecule has 0 heterocycles. The van der Waals surface area contributed by atoms with Crippen molar-refractivity contribution < 1.29 is 14.7 Å². The highest BCUT2D eigenvalue weighted by Gasteiger charge is 2.24. The first-order valence-electron chi connectivity index (χ1n) is 10.7. The molecule has 0 aliphatic rings. The van der Waals surface area contributed by atoms with Crippen molar-refractivity contribution in [3.63, 3.8) is 0 Å². The molecule has 4 heteroatoms. The summed E-state index contributed by atoms with van der Waals surface area (Å²) in [4.78, 5) is 25.2. The third-order valence-corrected chi connectivity index (χ3v) is 4.89. The molecule has 26 heavy (non-hydrogen) atoms. The van der Waals surface area contributed by atoms with E-state index in [2.05, 4.69) is 19.1 Å². The Morgan fingerprint density at radius 3 is 1.92 bits per heavy atom. The van der Waals surface area contributed by atoms with Crippen LogP contribution in [0.15, 0.2) is 12.2 Å². The van der Waals surface area contributed by atoms with E-state index in [9.17, 15) is 9.59 Å². The normalized spacial score (nSPS) is 12.4. The van der Waals surface area contributed by atoms with Crippen LogP contribution < -0.4 is 0 Å². The van der Waals surface area contributed by atoms with Crippen molar-refractivity contribution >= 4 is 11.9 Å². The molecule has 0 aromatic rings. The number of unbranched alkanes of at least 4 members (excludes halogenated alkanes) is 8. The predicted molar refractivity (Wildman–Crippen MR) is 109 cm³/mol. The van der Waals surface area contributed by atoms with Crippen LogP contribution in [0.4, 0.5) is 0 Å². The summed E-state index contributed by atoms with van der Waals surface area (Å²) in [5.74, 6) is -1.22. The number of hydrogen-bond donors (Lipinski definition) is 1. The Morgan fingerprint density at radius 1 is 0.846 bits per heavy atom. The molecule has 0 saturated heterocycles. The van der Waals surface area contributed by atoms with Crippen molar-refractivity contribution in [2.75, 3.05) is 13.1 Å². The second-order valence-electron chi connectivity index (χ2n) is 7.12. The molecule has 0 radical (unpaired) electrons. The Balaban J connectivity index is 3.85.